The first-order chi connectivity index (χ1) is 13.1. The van der Waals surface area contributed by atoms with E-state index in [1.807, 2.05) is 0 Å². The molecule has 6 heteroatoms. The molecule has 1 aromatic rings. The number of hydrogen-bond donors (Lipinski definition) is 1. The second-order valence-electron chi connectivity index (χ2n) is 8.20. The van der Waals surface area contributed by atoms with Crippen LogP contribution in [0.4, 0.5) is 0 Å². The van der Waals surface area contributed by atoms with Crippen LogP contribution in [0.25, 0.3) is 6.08 Å². The van der Waals surface area contributed by atoms with E-state index in [1.54, 1.807) is 0 Å². The second kappa shape index (κ2) is 16.7. The Hall–Kier alpha value is 0.0970. The molecule has 1 N–H and O–H groups in total. The van der Waals surface area contributed by atoms with Gasteiger partial charge in [-0.2, -0.15) is 0 Å². The van der Waals surface area contributed by atoms with Gasteiger partial charge in [-0.15, -0.1) is 0 Å². The molecule has 0 saturated carbocycles. The molecule has 1 atom stereocenters. The third kappa shape index (κ3) is 10.3. The molecule has 0 heterocycles. The van der Waals surface area contributed by atoms with Crippen LogP contribution in [0.15, 0.2) is 30.3 Å². The fourth-order valence-electron chi connectivity index (χ4n) is 3.92. The zero-order chi connectivity index (χ0) is 19.5. The first kappa shape index (κ1) is 29.1. The Morgan fingerprint density at radius 3 is 2.17 bits per heavy atom. The summed E-state index contributed by atoms with van der Waals surface area (Å²) in [6, 6.07) is 8.75. The van der Waals surface area contributed by atoms with Crippen LogP contribution in [-0.2, 0) is 25.7 Å². The van der Waals surface area contributed by atoms with E-state index in [0.717, 1.165) is 12.8 Å². The number of nitrogens with one attached hydrogen (secondary N) is 1. The molecule has 2 rings (SSSR count). The molecule has 1 aliphatic carbocycles. The molecule has 0 aliphatic heterocycles. The van der Waals surface area contributed by atoms with E-state index in [0.29, 0.717) is 9.58 Å². The number of amides is 1. The standard InChI is InChI=1S/C12H25NO.C9H7.C2H7Si.2ClH.Hf/c1-2-3-4-5-6-7-8-9-10-11-12(13)14;1-2-5-9-7-3-6-8(9)4-1;1-3-2;;;/h2-11H2,1H3,(H2,13,14);1-7H;3H,1-2H3;2*1H;/q;;;;;+3/p-3. The normalized spacial score (nSPS) is 14.1. The molecule has 0 fully saturated rings. The van der Waals surface area contributed by atoms with Gasteiger partial charge in [-0.1, -0.05) is 6.92 Å². The van der Waals surface area contributed by atoms with Crippen molar-refractivity contribution in [1.29, 1.82) is 0 Å². The molecule has 0 saturated heterocycles. The fourth-order valence-corrected chi connectivity index (χ4v) is 24.9. The van der Waals surface area contributed by atoms with Crippen LogP contribution in [0.5, 0.6) is 0 Å². The van der Waals surface area contributed by atoms with Gasteiger partial charge in [0.2, 0.25) is 0 Å². The predicted octanol–water partition coefficient (Wildman–Crippen LogP) is 0.316. The van der Waals surface area contributed by atoms with Gasteiger partial charge in [-0.3, -0.25) is 0 Å². The monoisotopic (exact) mass is 622 g/mol. The SMILES string of the molecule is CCCCCCCCCCCC(=O)[NH][Hf+2]([CH]1C=Cc2ccccc21)[SiH](C)C.[Cl-].[Cl-]. The molecule has 1 unspecified atom stereocenters. The first-order valence-corrected chi connectivity index (χ1v) is 24.0. The smallest absolute Gasteiger partial charge is 1.00 e. The third-order valence-corrected chi connectivity index (χ3v) is 30.6. The number of unbranched alkanes of at least 4 members (excludes halogenated alkanes) is 8. The van der Waals surface area contributed by atoms with Crippen molar-refractivity contribution in [3.05, 3.63) is 41.5 Å². The summed E-state index contributed by atoms with van der Waals surface area (Å²) in [5.74, 6) is -0.444. The van der Waals surface area contributed by atoms with Gasteiger partial charge < -0.3 is 24.8 Å². The molecule has 0 radical (unpaired) electrons. The Kier molecular flexibility index (Phi) is 16.8. The molecule has 29 heavy (non-hydrogen) atoms. The minimum Gasteiger partial charge on any atom is -1.00 e. The topological polar surface area (TPSA) is 29.1 Å². The van der Waals surface area contributed by atoms with Crippen LogP contribution < -0.4 is 28.1 Å². The predicted molar refractivity (Wildman–Crippen MR) is 117 cm³/mol. The van der Waals surface area contributed by atoms with Crippen molar-refractivity contribution in [1.82, 2.24) is 3.30 Å². The van der Waals surface area contributed by atoms with E-state index in [1.165, 1.54) is 62.5 Å². The Morgan fingerprint density at radius 2 is 1.55 bits per heavy atom. The van der Waals surface area contributed by atoms with Crippen LogP contribution in [0.3, 0.4) is 0 Å². The Morgan fingerprint density at radius 1 is 0.966 bits per heavy atom. The minimum atomic E-state index is -2.14. The molecule has 0 spiro atoms. The number of halogens is 2. The van der Waals surface area contributed by atoms with Gasteiger partial charge in [-0.25, -0.2) is 0 Å². The molecular formula is C23H38Cl2HfNOSi. The van der Waals surface area contributed by atoms with Gasteiger partial charge in [0, 0.05) is 0 Å². The number of carbonyl (C=O) groups is 1. The van der Waals surface area contributed by atoms with E-state index < -0.39 is 26.9 Å². The molecule has 0 aromatic heterocycles. The van der Waals surface area contributed by atoms with Crippen molar-refractivity contribution in [2.24, 2.45) is 0 Å². The van der Waals surface area contributed by atoms with E-state index in [-0.39, 0.29) is 24.8 Å². The molecule has 0 bridgehead atoms. The summed E-state index contributed by atoms with van der Waals surface area (Å²) in [7, 11) is 0. The molecule has 163 valence electrons. The summed E-state index contributed by atoms with van der Waals surface area (Å²) in [5, 5.41) is 0. The van der Waals surface area contributed by atoms with Gasteiger partial charge >= 0.3 is 169 Å². The molecule has 1 aromatic carbocycles. The van der Waals surface area contributed by atoms with Gasteiger partial charge in [0.25, 0.3) is 0 Å². The summed E-state index contributed by atoms with van der Waals surface area (Å²) in [6.45, 7) is 7.15. The van der Waals surface area contributed by atoms with E-state index in [9.17, 15) is 4.79 Å². The zero-order valence-corrected chi connectivity index (χ0v) is 24.6. The minimum absolute atomic E-state index is 0. The number of rotatable bonds is 13. The van der Waals surface area contributed by atoms with Crippen molar-refractivity contribution in [2.45, 2.75) is 87.9 Å². The first-order valence-electron chi connectivity index (χ1n) is 11.1. The average molecular weight is 622 g/mol. The van der Waals surface area contributed by atoms with Crippen LogP contribution in [0.1, 0.15) is 85.9 Å². The van der Waals surface area contributed by atoms with Crippen molar-refractivity contribution in [3.8, 4) is 0 Å². The maximum absolute atomic E-state index is 12.6. The van der Waals surface area contributed by atoms with Crippen LogP contribution in [0.2, 0.25) is 13.1 Å². The Labute approximate surface area is 200 Å². The molecule has 2 nitrogen and oxygen atoms in total. The summed E-state index contributed by atoms with van der Waals surface area (Å²) >= 11 is -2.14. The Balaban J connectivity index is 0.00000392. The summed E-state index contributed by atoms with van der Waals surface area (Å²) in [5.41, 5.74) is 2.84. The van der Waals surface area contributed by atoms with Gasteiger partial charge in [0.15, 0.2) is 0 Å². The largest absolute Gasteiger partial charge is 1.00 e. The fraction of sp³-hybridized carbons (Fsp3) is 0.609. The Bertz CT molecular complexity index is 612. The summed E-state index contributed by atoms with van der Waals surface area (Å²) in [4.78, 5) is 12.6. The van der Waals surface area contributed by atoms with Crippen molar-refractivity contribution >= 4 is 18.0 Å². The van der Waals surface area contributed by atoms with Gasteiger partial charge in [-0.05, 0) is 0 Å². The average Bonchev–Trinajstić information content (AvgIpc) is 3.08. The van der Waals surface area contributed by atoms with E-state index >= 15 is 0 Å². The van der Waals surface area contributed by atoms with Crippen molar-refractivity contribution in [3.63, 3.8) is 0 Å². The number of hydrogen-bond acceptors (Lipinski definition) is 1. The molecule has 1 aliphatic rings. The number of fused-ring (bicyclic) bond motifs is 1. The molecule has 1 amide bonds. The van der Waals surface area contributed by atoms with Crippen LogP contribution in [0, 0.1) is 0 Å². The maximum atomic E-state index is 12.6. The van der Waals surface area contributed by atoms with E-state index in [2.05, 4.69) is 59.7 Å². The van der Waals surface area contributed by atoms with Gasteiger partial charge in [0.05, 0.1) is 0 Å². The van der Waals surface area contributed by atoms with Crippen molar-refractivity contribution in [2.75, 3.05) is 0 Å². The van der Waals surface area contributed by atoms with Crippen molar-refractivity contribution < 1.29 is 50.5 Å². The second-order valence-corrected chi connectivity index (χ2v) is 34.5. The number of benzene rings is 1. The van der Waals surface area contributed by atoms with E-state index in [4.69, 9.17) is 0 Å². The maximum Gasteiger partial charge on any atom is -1.00 e. The third-order valence-electron chi connectivity index (χ3n) is 5.55. The quantitative estimate of drug-likeness (QED) is 0.250. The summed E-state index contributed by atoms with van der Waals surface area (Å²) < 4.78 is 4.18. The molecular weight excluding hydrogens is 584 g/mol. The number of carbonyl (C=O) groups excluding carboxylic acids is 1. The van der Waals surface area contributed by atoms with Gasteiger partial charge in [0.1, 0.15) is 0 Å². The summed E-state index contributed by atoms with van der Waals surface area (Å²) in [6.07, 6.45) is 17.2. The van der Waals surface area contributed by atoms with Crippen LogP contribution in [-0.4, -0.2) is 11.9 Å². The number of allylic oxidation sites excluding steroid dienone is 1. The zero-order valence-electron chi connectivity index (χ0n) is 18.4. The van der Waals surface area contributed by atoms with Crippen LogP contribution >= 0.6 is 0 Å².